The first-order chi connectivity index (χ1) is 15.0. The standard InChI is InChI=1S/C26H20O5/c1-2-17-31-26(30)22-20(15-13-18-9-5-3-6-10-18)23(27)25(29)24(28)21(22)16-14-19-11-7-4-8-12-19/h3-12,27-29H,2,17H2,1H3. The Kier molecular flexibility index (Phi) is 6.83. The fraction of sp³-hybridized carbons (Fsp3) is 0.115. The molecule has 0 aliphatic carbocycles. The summed E-state index contributed by atoms with van der Waals surface area (Å²) in [5.41, 5.74) is 0.738. The zero-order valence-electron chi connectivity index (χ0n) is 16.8. The molecular weight excluding hydrogens is 392 g/mol. The Hall–Kier alpha value is -4.35. The molecule has 0 spiro atoms. The molecule has 0 aliphatic heterocycles. The van der Waals surface area contributed by atoms with Crippen LogP contribution in [0.4, 0.5) is 0 Å². The number of carbonyl (C=O) groups excluding carboxylic acids is 1. The van der Waals surface area contributed by atoms with Crippen molar-refractivity contribution in [2.45, 2.75) is 13.3 Å². The lowest BCUT2D eigenvalue weighted by Crippen LogP contribution is -2.11. The molecule has 154 valence electrons. The van der Waals surface area contributed by atoms with E-state index in [0.717, 1.165) is 0 Å². The van der Waals surface area contributed by atoms with E-state index in [2.05, 4.69) is 23.7 Å². The van der Waals surface area contributed by atoms with Gasteiger partial charge in [0, 0.05) is 11.1 Å². The van der Waals surface area contributed by atoms with E-state index in [1.165, 1.54) is 0 Å². The lowest BCUT2D eigenvalue weighted by atomic mass is 9.97. The number of hydrogen-bond donors (Lipinski definition) is 3. The van der Waals surface area contributed by atoms with Crippen molar-refractivity contribution in [1.82, 2.24) is 0 Å². The fourth-order valence-electron chi connectivity index (χ4n) is 2.74. The minimum Gasteiger partial charge on any atom is -0.503 e. The highest BCUT2D eigenvalue weighted by Gasteiger charge is 2.27. The van der Waals surface area contributed by atoms with Crippen LogP contribution in [-0.2, 0) is 4.74 Å². The van der Waals surface area contributed by atoms with Crippen molar-refractivity contribution in [2.24, 2.45) is 0 Å². The molecule has 3 aromatic carbocycles. The zero-order chi connectivity index (χ0) is 22.2. The van der Waals surface area contributed by atoms with E-state index in [9.17, 15) is 20.1 Å². The summed E-state index contributed by atoms with van der Waals surface area (Å²) >= 11 is 0. The molecule has 0 aliphatic rings. The van der Waals surface area contributed by atoms with Crippen molar-refractivity contribution >= 4 is 5.97 Å². The van der Waals surface area contributed by atoms with Crippen molar-refractivity contribution < 1.29 is 24.9 Å². The van der Waals surface area contributed by atoms with Gasteiger partial charge >= 0.3 is 5.97 Å². The Bertz CT molecular complexity index is 1120. The van der Waals surface area contributed by atoms with Crippen LogP contribution >= 0.6 is 0 Å². The Morgan fingerprint density at radius 2 is 1.19 bits per heavy atom. The van der Waals surface area contributed by atoms with Crippen LogP contribution in [0.2, 0.25) is 0 Å². The van der Waals surface area contributed by atoms with E-state index in [0.29, 0.717) is 17.5 Å². The second-order valence-corrected chi connectivity index (χ2v) is 6.54. The minimum atomic E-state index is -0.804. The number of benzene rings is 3. The number of phenolic OH excluding ortho intramolecular Hbond substituents is 3. The van der Waals surface area contributed by atoms with Gasteiger partial charge in [-0.1, -0.05) is 67.0 Å². The maximum atomic E-state index is 12.8. The first-order valence-electron chi connectivity index (χ1n) is 9.65. The maximum absolute atomic E-state index is 12.8. The Morgan fingerprint density at radius 1 is 0.742 bits per heavy atom. The molecule has 3 aromatic rings. The second kappa shape index (κ2) is 9.91. The van der Waals surface area contributed by atoms with Crippen molar-refractivity contribution in [3.63, 3.8) is 0 Å². The molecule has 0 amide bonds. The SMILES string of the molecule is CCCOC(=O)c1c(C#Cc2ccccc2)c(O)c(O)c(O)c1C#Cc1ccccc1. The molecule has 0 saturated carbocycles. The monoisotopic (exact) mass is 412 g/mol. The van der Waals surface area contributed by atoms with Crippen LogP contribution in [-0.4, -0.2) is 27.9 Å². The van der Waals surface area contributed by atoms with Gasteiger partial charge in [0.15, 0.2) is 11.5 Å². The lowest BCUT2D eigenvalue weighted by Gasteiger charge is -2.13. The number of rotatable bonds is 3. The lowest BCUT2D eigenvalue weighted by molar-refractivity contribution is 0.0503. The summed E-state index contributed by atoms with van der Waals surface area (Å²) < 4.78 is 5.23. The number of hydrogen-bond acceptors (Lipinski definition) is 5. The first kappa shape index (κ1) is 21.4. The van der Waals surface area contributed by atoms with E-state index in [4.69, 9.17) is 4.74 Å². The van der Waals surface area contributed by atoms with E-state index in [1.54, 1.807) is 48.5 Å². The smallest absolute Gasteiger partial charge is 0.340 e. The summed E-state index contributed by atoms with van der Waals surface area (Å²) in [5.74, 6) is 8.09. The molecule has 5 heteroatoms. The van der Waals surface area contributed by atoms with Gasteiger partial charge in [-0.25, -0.2) is 4.79 Å². The summed E-state index contributed by atoms with van der Waals surface area (Å²) in [6.45, 7) is 1.98. The van der Waals surface area contributed by atoms with E-state index >= 15 is 0 Å². The molecule has 0 unspecified atom stereocenters. The highest BCUT2D eigenvalue weighted by molar-refractivity contribution is 5.98. The van der Waals surface area contributed by atoms with Crippen LogP contribution in [0.25, 0.3) is 0 Å². The Labute approximate surface area is 180 Å². The van der Waals surface area contributed by atoms with Gasteiger partial charge in [-0.05, 0) is 30.7 Å². The Morgan fingerprint density at radius 3 is 1.61 bits per heavy atom. The average molecular weight is 412 g/mol. The summed E-state index contributed by atoms with van der Waals surface area (Å²) in [5, 5.41) is 31.2. The van der Waals surface area contributed by atoms with Gasteiger partial charge < -0.3 is 20.1 Å². The number of esters is 1. The third-order valence-corrected chi connectivity index (χ3v) is 4.27. The van der Waals surface area contributed by atoms with Gasteiger partial charge in [-0.15, -0.1) is 0 Å². The molecule has 0 aromatic heterocycles. The summed E-state index contributed by atoms with van der Waals surface area (Å²) in [6.07, 6.45) is 0.581. The number of aromatic hydroxyl groups is 3. The third kappa shape index (κ3) is 4.98. The molecule has 0 saturated heterocycles. The van der Waals surface area contributed by atoms with Crippen LogP contribution in [0.5, 0.6) is 17.2 Å². The molecule has 0 fully saturated rings. The zero-order valence-corrected chi connectivity index (χ0v) is 16.8. The molecule has 0 bridgehead atoms. The predicted molar refractivity (Wildman–Crippen MR) is 117 cm³/mol. The summed E-state index contributed by atoms with van der Waals surface area (Å²) in [4.78, 5) is 12.8. The van der Waals surface area contributed by atoms with Gasteiger partial charge in [-0.2, -0.15) is 0 Å². The van der Waals surface area contributed by atoms with Crippen molar-refractivity contribution in [3.05, 3.63) is 88.5 Å². The highest BCUT2D eigenvalue weighted by atomic mass is 16.5. The van der Waals surface area contributed by atoms with E-state index < -0.39 is 23.2 Å². The summed E-state index contributed by atoms with van der Waals surface area (Å²) in [7, 11) is 0. The molecule has 31 heavy (non-hydrogen) atoms. The van der Waals surface area contributed by atoms with Gasteiger partial charge in [0.25, 0.3) is 0 Å². The highest BCUT2D eigenvalue weighted by Crippen LogP contribution is 2.43. The van der Waals surface area contributed by atoms with Crippen molar-refractivity contribution in [3.8, 4) is 40.9 Å². The van der Waals surface area contributed by atoms with Crippen LogP contribution in [0.15, 0.2) is 60.7 Å². The maximum Gasteiger partial charge on any atom is 0.340 e. The van der Waals surface area contributed by atoms with Gasteiger partial charge in [0.2, 0.25) is 5.75 Å². The van der Waals surface area contributed by atoms with Gasteiger partial charge in [0.1, 0.15) is 0 Å². The normalized spacial score (nSPS) is 9.71. The van der Waals surface area contributed by atoms with Crippen molar-refractivity contribution in [2.75, 3.05) is 6.61 Å². The largest absolute Gasteiger partial charge is 0.503 e. The van der Waals surface area contributed by atoms with Crippen molar-refractivity contribution in [1.29, 1.82) is 0 Å². The minimum absolute atomic E-state index is 0.137. The molecule has 0 atom stereocenters. The number of ether oxygens (including phenoxy) is 1. The second-order valence-electron chi connectivity index (χ2n) is 6.54. The first-order valence-corrected chi connectivity index (χ1v) is 9.65. The average Bonchev–Trinajstić information content (AvgIpc) is 2.81. The quantitative estimate of drug-likeness (QED) is 0.341. The number of phenols is 3. The third-order valence-electron chi connectivity index (χ3n) is 4.27. The predicted octanol–water partition coefficient (Wildman–Crippen LogP) is 4.17. The summed E-state index contributed by atoms with van der Waals surface area (Å²) in [6, 6.07) is 17.9. The van der Waals surface area contributed by atoms with Crippen LogP contribution in [0, 0.1) is 23.7 Å². The van der Waals surface area contributed by atoms with Crippen LogP contribution < -0.4 is 0 Å². The Balaban J connectivity index is 2.24. The fourth-order valence-corrected chi connectivity index (χ4v) is 2.74. The molecular formula is C26H20O5. The van der Waals surface area contributed by atoms with Crippen LogP contribution in [0.3, 0.4) is 0 Å². The molecule has 5 nitrogen and oxygen atoms in total. The van der Waals surface area contributed by atoms with E-state index in [-0.39, 0.29) is 23.3 Å². The van der Waals surface area contributed by atoms with Gasteiger partial charge in [0.05, 0.1) is 23.3 Å². The van der Waals surface area contributed by atoms with Crippen LogP contribution in [0.1, 0.15) is 46.0 Å². The number of carbonyl (C=O) groups is 1. The topological polar surface area (TPSA) is 87.0 Å². The molecule has 3 rings (SSSR count). The molecule has 0 heterocycles. The van der Waals surface area contributed by atoms with Gasteiger partial charge in [-0.3, -0.25) is 0 Å². The van der Waals surface area contributed by atoms with E-state index in [1.807, 2.05) is 19.1 Å². The molecule has 3 N–H and O–H groups in total. The molecule has 0 radical (unpaired) electrons.